The molecule has 0 saturated carbocycles. The second-order valence-corrected chi connectivity index (χ2v) is 6.20. The van der Waals surface area contributed by atoms with Crippen LogP contribution in [0.5, 0.6) is 5.75 Å². The highest BCUT2D eigenvalue weighted by atomic mass is 16.5. The number of benzene rings is 2. The van der Waals surface area contributed by atoms with Crippen LogP contribution < -0.4 is 0 Å². The largest absolute Gasteiger partial charge is 0.508 e. The summed E-state index contributed by atoms with van der Waals surface area (Å²) in [6.07, 6.45) is 0.672. The molecular formula is C20H21N3O4. The van der Waals surface area contributed by atoms with Crippen molar-refractivity contribution in [2.24, 2.45) is 0 Å². The number of aliphatic hydroxyl groups is 1. The van der Waals surface area contributed by atoms with Crippen LogP contribution >= 0.6 is 0 Å². The fourth-order valence-electron chi connectivity index (χ4n) is 2.72. The lowest BCUT2D eigenvalue weighted by Crippen LogP contribution is -2.26. The number of phenols is 1. The van der Waals surface area contributed by atoms with Crippen LogP contribution in [-0.2, 0) is 19.6 Å². The third kappa shape index (κ3) is 4.15. The maximum absolute atomic E-state index is 12.7. The van der Waals surface area contributed by atoms with E-state index in [0.717, 1.165) is 11.1 Å². The molecule has 140 valence electrons. The number of aromatic hydroxyl groups is 1. The van der Waals surface area contributed by atoms with Gasteiger partial charge in [0, 0.05) is 24.6 Å². The van der Waals surface area contributed by atoms with Crippen LogP contribution in [0.15, 0.2) is 47.0 Å². The Bertz CT molecular complexity index is 952. The number of hydrogen-bond donors (Lipinski definition) is 2. The molecule has 1 aromatic heterocycles. The Kier molecular flexibility index (Phi) is 5.52. The number of aromatic nitrogens is 2. The molecule has 1 amide bonds. The van der Waals surface area contributed by atoms with Crippen molar-refractivity contribution < 1.29 is 19.5 Å². The minimum absolute atomic E-state index is 0.0409. The van der Waals surface area contributed by atoms with E-state index >= 15 is 0 Å². The van der Waals surface area contributed by atoms with Gasteiger partial charge in [-0.1, -0.05) is 30.3 Å². The van der Waals surface area contributed by atoms with Gasteiger partial charge < -0.3 is 19.6 Å². The Morgan fingerprint density at radius 2 is 1.96 bits per heavy atom. The number of amides is 1. The van der Waals surface area contributed by atoms with Gasteiger partial charge in [-0.3, -0.25) is 4.79 Å². The first-order valence-corrected chi connectivity index (χ1v) is 8.62. The van der Waals surface area contributed by atoms with E-state index in [1.807, 2.05) is 13.0 Å². The van der Waals surface area contributed by atoms with E-state index in [1.165, 1.54) is 11.0 Å². The lowest BCUT2D eigenvalue weighted by Gasteiger charge is -2.15. The Balaban J connectivity index is 1.80. The topological polar surface area (TPSA) is 99.7 Å². The molecule has 2 N–H and O–H groups in total. The third-order valence-corrected chi connectivity index (χ3v) is 4.24. The molecule has 1 heterocycles. The van der Waals surface area contributed by atoms with Crippen LogP contribution in [0.2, 0.25) is 0 Å². The van der Waals surface area contributed by atoms with Gasteiger partial charge in [-0.15, -0.1) is 0 Å². The van der Waals surface area contributed by atoms with Crippen molar-refractivity contribution >= 4 is 5.91 Å². The molecule has 0 unspecified atom stereocenters. The molecule has 2 aromatic carbocycles. The van der Waals surface area contributed by atoms with Crippen molar-refractivity contribution in [3.63, 3.8) is 0 Å². The number of nitrogens with zero attached hydrogens (tertiary/aromatic N) is 3. The number of hydrogen-bond acceptors (Lipinski definition) is 6. The molecule has 0 bridgehead atoms. The van der Waals surface area contributed by atoms with Gasteiger partial charge in [-0.2, -0.15) is 4.98 Å². The van der Waals surface area contributed by atoms with Crippen LogP contribution in [-0.4, -0.2) is 38.2 Å². The summed E-state index contributed by atoms with van der Waals surface area (Å²) in [7, 11) is 1.68. The summed E-state index contributed by atoms with van der Waals surface area (Å²) in [6, 6.07) is 12.2. The van der Waals surface area contributed by atoms with Gasteiger partial charge >= 0.3 is 0 Å². The molecule has 0 aliphatic carbocycles. The summed E-state index contributed by atoms with van der Waals surface area (Å²) >= 11 is 0. The SMILES string of the molecule is CCc1noc(CN(C)C(=O)c2cccc(-c3ccc(O)c(CO)c3)c2)n1. The summed E-state index contributed by atoms with van der Waals surface area (Å²) in [5.74, 6) is 0.873. The summed E-state index contributed by atoms with van der Waals surface area (Å²) in [6.45, 7) is 1.90. The predicted octanol–water partition coefficient (Wildman–Crippen LogP) is 2.77. The standard InChI is InChI=1S/C20H21N3O4/c1-3-18-21-19(27-22-18)11-23(2)20(26)15-6-4-5-13(9-15)14-7-8-17(25)16(10-14)12-24/h4-10,24-25H,3,11-12H2,1-2H3. The Morgan fingerprint density at radius 3 is 2.67 bits per heavy atom. The molecule has 0 aliphatic heterocycles. The molecule has 0 spiro atoms. The van der Waals surface area contributed by atoms with Crippen molar-refractivity contribution in [1.29, 1.82) is 0 Å². The molecule has 3 aromatic rings. The fraction of sp³-hybridized carbons (Fsp3) is 0.250. The molecule has 7 heteroatoms. The molecule has 0 radical (unpaired) electrons. The van der Waals surface area contributed by atoms with E-state index in [0.29, 0.717) is 29.3 Å². The number of carbonyl (C=O) groups excluding carboxylic acids is 1. The number of aryl methyl sites for hydroxylation is 1. The zero-order valence-corrected chi connectivity index (χ0v) is 15.2. The number of rotatable bonds is 6. The molecule has 3 rings (SSSR count). The van der Waals surface area contributed by atoms with Gasteiger partial charge in [-0.05, 0) is 35.4 Å². The van der Waals surface area contributed by atoms with Crippen LogP contribution in [0.3, 0.4) is 0 Å². The monoisotopic (exact) mass is 367 g/mol. The first-order chi connectivity index (χ1) is 13.0. The van der Waals surface area contributed by atoms with E-state index in [9.17, 15) is 15.0 Å². The van der Waals surface area contributed by atoms with Crippen molar-refractivity contribution in [2.75, 3.05) is 7.05 Å². The molecule has 0 atom stereocenters. The zero-order valence-electron chi connectivity index (χ0n) is 15.2. The maximum Gasteiger partial charge on any atom is 0.254 e. The Labute approximate surface area is 156 Å². The maximum atomic E-state index is 12.7. The Hall–Kier alpha value is -3.19. The minimum atomic E-state index is -0.259. The quantitative estimate of drug-likeness (QED) is 0.695. The average molecular weight is 367 g/mol. The predicted molar refractivity (Wildman–Crippen MR) is 98.9 cm³/mol. The van der Waals surface area contributed by atoms with Gasteiger partial charge in [0.1, 0.15) is 5.75 Å². The van der Waals surface area contributed by atoms with Crippen LogP contribution in [0.1, 0.15) is 34.6 Å². The summed E-state index contributed by atoms with van der Waals surface area (Å²) in [5.41, 5.74) is 2.57. The van der Waals surface area contributed by atoms with Gasteiger partial charge in [0.15, 0.2) is 5.82 Å². The van der Waals surface area contributed by atoms with Gasteiger partial charge in [-0.25, -0.2) is 0 Å². The van der Waals surface area contributed by atoms with E-state index in [2.05, 4.69) is 10.1 Å². The van der Waals surface area contributed by atoms with Crippen LogP contribution in [0.25, 0.3) is 11.1 Å². The summed E-state index contributed by atoms with van der Waals surface area (Å²) < 4.78 is 5.14. The van der Waals surface area contributed by atoms with Crippen molar-refractivity contribution in [1.82, 2.24) is 15.0 Å². The van der Waals surface area contributed by atoms with Gasteiger partial charge in [0.2, 0.25) is 5.89 Å². The molecular weight excluding hydrogens is 346 g/mol. The summed E-state index contributed by atoms with van der Waals surface area (Å²) in [4.78, 5) is 18.5. The second kappa shape index (κ2) is 8.01. The van der Waals surface area contributed by atoms with E-state index in [1.54, 1.807) is 37.4 Å². The van der Waals surface area contributed by atoms with E-state index in [-0.39, 0.29) is 24.8 Å². The highest BCUT2D eigenvalue weighted by Crippen LogP contribution is 2.27. The van der Waals surface area contributed by atoms with Crippen molar-refractivity contribution in [3.8, 4) is 16.9 Å². The van der Waals surface area contributed by atoms with Crippen LogP contribution in [0, 0.1) is 0 Å². The van der Waals surface area contributed by atoms with E-state index in [4.69, 9.17) is 4.52 Å². The molecule has 0 saturated heterocycles. The van der Waals surface area contributed by atoms with Gasteiger partial charge in [0.25, 0.3) is 5.91 Å². The first-order valence-electron chi connectivity index (χ1n) is 8.62. The van der Waals surface area contributed by atoms with E-state index < -0.39 is 0 Å². The molecule has 0 fully saturated rings. The minimum Gasteiger partial charge on any atom is -0.508 e. The average Bonchev–Trinajstić information content (AvgIpc) is 3.15. The first kappa shape index (κ1) is 18.6. The Morgan fingerprint density at radius 1 is 1.19 bits per heavy atom. The molecule has 27 heavy (non-hydrogen) atoms. The number of carbonyl (C=O) groups is 1. The second-order valence-electron chi connectivity index (χ2n) is 6.20. The highest BCUT2D eigenvalue weighted by molar-refractivity contribution is 5.95. The summed E-state index contributed by atoms with van der Waals surface area (Å²) in [5, 5.41) is 22.9. The normalized spacial score (nSPS) is 10.8. The third-order valence-electron chi connectivity index (χ3n) is 4.24. The van der Waals surface area contributed by atoms with Crippen molar-refractivity contribution in [3.05, 3.63) is 65.3 Å². The van der Waals surface area contributed by atoms with Crippen LogP contribution in [0.4, 0.5) is 0 Å². The number of aliphatic hydroxyl groups excluding tert-OH is 1. The molecule has 0 aliphatic rings. The lowest BCUT2D eigenvalue weighted by atomic mass is 10.0. The fourth-order valence-corrected chi connectivity index (χ4v) is 2.72. The highest BCUT2D eigenvalue weighted by Gasteiger charge is 2.16. The van der Waals surface area contributed by atoms with Gasteiger partial charge in [0.05, 0.1) is 13.2 Å². The van der Waals surface area contributed by atoms with Crippen molar-refractivity contribution in [2.45, 2.75) is 26.5 Å². The lowest BCUT2D eigenvalue weighted by molar-refractivity contribution is 0.0769. The smallest absolute Gasteiger partial charge is 0.254 e. The molecule has 7 nitrogen and oxygen atoms in total. The zero-order chi connectivity index (χ0) is 19.4.